The first-order valence-corrected chi connectivity index (χ1v) is 8.22. The van der Waals surface area contributed by atoms with Crippen LogP contribution in [-0.4, -0.2) is 49.4 Å². The summed E-state index contributed by atoms with van der Waals surface area (Å²) >= 11 is 0. The molecule has 124 valence electrons. The number of benzene rings is 1. The van der Waals surface area contributed by atoms with Crippen molar-refractivity contribution in [3.63, 3.8) is 0 Å². The molecule has 5 heterocycles. The van der Waals surface area contributed by atoms with Crippen LogP contribution in [-0.2, 0) is 11.2 Å². The molecule has 5 aliphatic rings. The molecule has 0 aromatic heterocycles. The summed E-state index contributed by atoms with van der Waals surface area (Å²) in [5.41, 5.74) is 1.85. The van der Waals surface area contributed by atoms with E-state index < -0.39 is 0 Å². The largest absolute Gasteiger partial charge is 0.493 e. The molecule has 0 aliphatic carbocycles. The van der Waals surface area contributed by atoms with Gasteiger partial charge in [-0.3, -0.25) is 9.80 Å². The molecule has 5 nitrogen and oxygen atoms in total. The van der Waals surface area contributed by atoms with Gasteiger partial charge in [-0.2, -0.15) is 0 Å². The minimum absolute atomic E-state index is 0. The molecule has 1 aromatic carbocycles. The van der Waals surface area contributed by atoms with Crippen LogP contribution in [0.25, 0.3) is 0 Å². The summed E-state index contributed by atoms with van der Waals surface area (Å²) in [6.45, 7) is 4.63. The number of fused-ring (bicyclic) bond motifs is 3. The molecule has 0 N–H and O–H groups in total. The maximum absolute atomic E-state index is 12.5. The highest BCUT2D eigenvalue weighted by Gasteiger charge is 2.55. The Morgan fingerprint density at radius 2 is 2.00 bits per heavy atom. The number of hydrogen-bond acceptors (Lipinski definition) is 4. The Balaban J connectivity index is 0.00000135. The van der Waals surface area contributed by atoms with Crippen LogP contribution >= 0.6 is 12.4 Å². The number of anilines is 1. The normalized spacial score (nSPS) is 34.1. The number of rotatable bonds is 1. The van der Waals surface area contributed by atoms with Crippen molar-refractivity contribution < 1.29 is 14.3 Å². The zero-order valence-corrected chi connectivity index (χ0v) is 13.8. The highest BCUT2D eigenvalue weighted by atomic mass is 35.5. The summed E-state index contributed by atoms with van der Waals surface area (Å²) in [6, 6.07) is 6.04. The van der Waals surface area contributed by atoms with Gasteiger partial charge < -0.3 is 9.47 Å². The third kappa shape index (κ3) is 2.21. The van der Waals surface area contributed by atoms with E-state index in [-0.39, 0.29) is 24.1 Å². The molecule has 1 amide bonds. The van der Waals surface area contributed by atoms with Crippen LogP contribution in [0.1, 0.15) is 18.4 Å². The minimum Gasteiger partial charge on any atom is -0.493 e. The van der Waals surface area contributed by atoms with Gasteiger partial charge in [0.2, 0.25) is 0 Å². The molecule has 6 heteroatoms. The first kappa shape index (κ1) is 15.1. The van der Waals surface area contributed by atoms with Crippen molar-refractivity contribution in [2.24, 2.45) is 5.92 Å². The van der Waals surface area contributed by atoms with Crippen LogP contribution in [0, 0.1) is 5.92 Å². The van der Waals surface area contributed by atoms with Crippen molar-refractivity contribution in [1.82, 2.24) is 4.90 Å². The maximum Gasteiger partial charge on any atom is 0.415 e. The topological polar surface area (TPSA) is 42.0 Å². The van der Waals surface area contributed by atoms with E-state index in [2.05, 4.69) is 11.0 Å². The van der Waals surface area contributed by atoms with E-state index in [0.717, 1.165) is 56.9 Å². The van der Waals surface area contributed by atoms with Gasteiger partial charge in [-0.15, -0.1) is 12.4 Å². The number of halogens is 1. The standard InChI is InChI=1S/C17H20N2O3.ClH/c20-16-19(14-1-2-15-12(9-14)5-8-21-15)11-17(22-16)10-18-6-3-13(17)4-7-18;/h1-2,9,13H,3-8,10-11H2;1H/t17-;/m1./s1. The highest BCUT2D eigenvalue weighted by molar-refractivity contribution is 5.90. The second-order valence-corrected chi connectivity index (χ2v) is 6.96. The second-order valence-electron chi connectivity index (χ2n) is 6.96. The third-order valence-electron chi connectivity index (χ3n) is 5.74. The van der Waals surface area contributed by atoms with Gasteiger partial charge in [-0.1, -0.05) is 0 Å². The van der Waals surface area contributed by atoms with E-state index in [1.54, 1.807) is 0 Å². The van der Waals surface area contributed by atoms with Crippen LogP contribution in [0.3, 0.4) is 0 Å². The summed E-state index contributed by atoms with van der Waals surface area (Å²) in [6.07, 6.45) is 3.04. The monoisotopic (exact) mass is 336 g/mol. The van der Waals surface area contributed by atoms with E-state index >= 15 is 0 Å². The number of ether oxygens (including phenoxy) is 2. The van der Waals surface area contributed by atoms with Crippen LogP contribution < -0.4 is 9.64 Å². The first-order chi connectivity index (χ1) is 10.7. The average molecular weight is 337 g/mol. The molecular formula is C17H21ClN2O3. The molecule has 2 bridgehead atoms. The molecule has 1 aromatic rings. The third-order valence-corrected chi connectivity index (χ3v) is 5.74. The van der Waals surface area contributed by atoms with E-state index in [0.29, 0.717) is 12.5 Å². The molecule has 4 saturated heterocycles. The van der Waals surface area contributed by atoms with Gasteiger partial charge in [0.05, 0.1) is 13.2 Å². The van der Waals surface area contributed by atoms with E-state index in [4.69, 9.17) is 9.47 Å². The molecule has 23 heavy (non-hydrogen) atoms. The molecule has 1 spiro atoms. The van der Waals surface area contributed by atoms with Gasteiger partial charge in [-0.25, -0.2) is 4.79 Å². The molecule has 5 aliphatic heterocycles. The van der Waals surface area contributed by atoms with Crippen LogP contribution in [0.2, 0.25) is 0 Å². The molecule has 4 fully saturated rings. The van der Waals surface area contributed by atoms with Crippen molar-refractivity contribution >= 4 is 24.2 Å². The number of nitrogens with zero attached hydrogens (tertiary/aromatic N) is 2. The zero-order valence-electron chi connectivity index (χ0n) is 13.0. The Morgan fingerprint density at radius 1 is 1.17 bits per heavy atom. The van der Waals surface area contributed by atoms with Gasteiger partial charge >= 0.3 is 6.09 Å². The smallest absolute Gasteiger partial charge is 0.415 e. The SMILES string of the molecule is Cl.O=C1O[C@]2(CN3CCC2CC3)CN1c1ccc2c(c1)CCO2. The van der Waals surface area contributed by atoms with Gasteiger partial charge in [-0.05, 0) is 49.7 Å². The fourth-order valence-corrected chi connectivity index (χ4v) is 4.55. The van der Waals surface area contributed by atoms with Crippen molar-refractivity contribution in [3.05, 3.63) is 23.8 Å². The Morgan fingerprint density at radius 3 is 2.74 bits per heavy atom. The van der Waals surface area contributed by atoms with Crippen LogP contribution in [0.5, 0.6) is 5.75 Å². The summed E-state index contributed by atoms with van der Waals surface area (Å²) in [5, 5.41) is 0. The summed E-state index contributed by atoms with van der Waals surface area (Å²) < 4.78 is 11.5. The Kier molecular flexibility index (Phi) is 3.46. The Labute approximate surface area is 141 Å². The molecule has 0 saturated carbocycles. The fraction of sp³-hybridized carbons (Fsp3) is 0.588. The number of carbonyl (C=O) groups is 1. The van der Waals surface area contributed by atoms with E-state index in [1.807, 2.05) is 17.0 Å². The molecular weight excluding hydrogens is 316 g/mol. The fourth-order valence-electron chi connectivity index (χ4n) is 4.55. The van der Waals surface area contributed by atoms with Gasteiger partial charge in [0, 0.05) is 24.6 Å². The van der Waals surface area contributed by atoms with E-state index in [1.165, 1.54) is 5.56 Å². The predicted octanol–water partition coefficient (Wildman–Crippen LogP) is 2.46. The van der Waals surface area contributed by atoms with E-state index in [9.17, 15) is 4.79 Å². The van der Waals surface area contributed by atoms with Gasteiger partial charge in [0.15, 0.2) is 0 Å². The number of amides is 1. The molecule has 0 unspecified atom stereocenters. The number of carbonyl (C=O) groups excluding carboxylic acids is 1. The molecule has 1 atom stereocenters. The lowest BCUT2D eigenvalue weighted by atomic mass is 9.75. The van der Waals surface area contributed by atoms with Crippen molar-refractivity contribution in [3.8, 4) is 5.75 Å². The zero-order chi connectivity index (χ0) is 14.7. The summed E-state index contributed by atoms with van der Waals surface area (Å²) in [7, 11) is 0. The lowest BCUT2D eigenvalue weighted by molar-refractivity contribution is -0.0881. The number of hydrogen-bond donors (Lipinski definition) is 0. The second kappa shape index (κ2) is 5.28. The van der Waals surface area contributed by atoms with Crippen molar-refractivity contribution in [2.45, 2.75) is 24.9 Å². The maximum atomic E-state index is 12.5. The first-order valence-electron chi connectivity index (χ1n) is 8.22. The van der Waals surface area contributed by atoms with Crippen molar-refractivity contribution in [2.75, 3.05) is 37.7 Å². The summed E-state index contributed by atoms with van der Waals surface area (Å²) in [4.78, 5) is 16.7. The molecule has 6 rings (SSSR count). The lowest BCUT2D eigenvalue weighted by Gasteiger charge is -2.49. The summed E-state index contributed by atoms with van der Waals surface area (Å²) in [5.74, 6) is 1.47. The van der Waals surface area contributed by atoms with Gasteiger partial charge in [0.25, 0.3) is 0 Å². The van der Waals surface area contributed by atoms with Crippen LogP contribution in [0.4, 0.5) is 10.5 Å². The molecule has 0 radical (unpaired) electrons. The highest BCUT2D eigenvalue weighted by Crippen LogP contribution is 2.43. The average Bonchev–Trinajstić information content (AvgIpc) is 3.12. The minimum atomic E-state index is -0.289. The quantitative estimate of drug-likeness (QED) is 0.790. The van der Waals surface area contributed by atoms with Crippen LogP contribution in [0.15, 0.2) is 18.2 Å². The Hall–Kier alpha value is -1.46. The Bertz CT molecular complexity index is 645. The number of piperidine rings is 3. The lowest BCUT2D eigenvalue weighted by Crippen LogP contribution is -2.61. The van der Waals surface area contributed by atoms with Crippen molar-refractivity contribution in [1.29, 1.82) is 0 Å². The van der Waals surface area contributed by atoms with Gasteiger partial charge in [0.1, 0.15) is 11.4 Å². The predicted molar refractivity (Wildman–Crippen MR) is 88.6 cm³/mol.